The zero-order valence-corrected chi connectivity index (χ0v) is 17.7. The van der Waals surface area contributed by atoms with E-state index in [1.54, 1.807) is 18.2 Å². The van der Waals surface area contributed by atoms with Crippen molar-refractivity contribution in [1.29, 1.82) is 0 Å². The molecule has 2 aromatic rings. The van der Waals surface area contributed by atoms with Crippen LogP contribution in [0.4, 0.5) is 11.6 Å². The number of thioether (sulfide) groups is 1. The average molecular weight is 438 g/mol. The molecule has 11 heteroatoms. The first-order valence-electron chi connectivity index (χ1n) is 9.43. The minimum atomic E-state index is -3.43. The lowest BCUT2D eigenvalue weighted by Gasteiger charge is -2.27. The van der Waals surface area contributed by atoms with E-state index >= 15 is 0 Å². The van der Waals surface area contributed by atoms with E-state index in [0.29, 0.717) is 30.1 Å². The van der Waals surface area contributed by atoms with E-state index in [4.69, 9.17) is 4.74 Å². The Bertz CT molecular complexity index is 997. The number of aromatic nitrogens is 3. The number of sulfone groups is 1. The number of nitrogens with zero attached hydrogens (tertiary/aromatic N) is 4. The Morgan fingerprint density at radius 2 is 1.97 bits per heavy atom. The topological polar surface area (TPSA) is 106 Å². The number of benzene rings is 1. The van der Waals surface area contributed by atoms with E-state index in [2.05, 4.69) is 25.0 Å². The van der Waals surface area contributed by atoms with E-state index in [1.165, 1.54) is 17.8 Å². The number of hydrogen-bond donors (Lipinski definition) is 1. The van der Waals surface area contributed by atoms with Gasteiger partial charge in [0.25, 0.3) is 0 Å². The molecule has 0 unspecified atom stereocenters. The van der Waals surface area contributed by atoms with Crippen molar-refractivity contribution in [1.82, 2.24) is 14.8 Å². The molecule has 1 aromatic heterocycles. The summed E-state index contributed by atoms with van der Waals surface area (Å²) in [5.74, 6) is 0.664. The summed E-state index contributed by atoms with van der Waals surface area (Å²) in [7, 11) is -3.43. The van der Waals surface area contributed by atoms with E-state index in [9.17, 15) is 13.2 Å². The van der Waals surface area contributed by atoms with Gasteiger partial charge < -0.3 is 15.0 Å². The molecule has 1 saturated heterocycles. The number of ether oxygens (including phenoxy) is 1. The molecule has 2 fully saturated rings. The Balaban J connectivity index is 1.45. The molecule has 1 aromatic carbocycles. The van der Waals surface area contributed by atoms with Crippen molar-refractivity contribution in [2.75, 3.05) is 48.5 Å². The van der Waals surface area contributed by atoms with Crippen LogP contribution in [-0.4, -0.2) is 67.4 Å². The summed E-state index contributed by atoms with van der Waals surface area (Å²) in [6.45, 7) is 2.89. The van der Waals surface area contributed by atoms with E-state index in [1.807, 2.05) is 0 Å². The first-order chi connectivity index (χ1) is 13.9. The van der Waals surface area contributed by atoms with Crippen LogP contribution in [0.1, 0.15) is 18.9 Å². The molecule has 0 atom stereocenters. The van der Waals surface area contributed by atoms with Crippen LogP contribution in [0.25, 0.3) is 0 Å². The Hall–Kier alpha value is -2.11. The minimum Gasteiger partial charge on any atom is -0.378 e. The van der Waals surface area contributed by atoms with Crippen molar-refractivity contribution < 1.29 is 17.9 Å². The van der Waals surface area contributed by atoms with Gasteiger partial charge in [0.2, 0.25) is 11.9 Å². The van der Waals surface area contributed by atoms with Crippen LogP contribution in [0, 0.1) is 0 Å². The van der Waals surface area contributed by atoms with Crippen molar-refractivity contribution in [3.05, 3.63) is 24.3 Å². The molecule has 156 valence electrons. The molecule has 0 bridgehead atoms. The summed E-state index contributed by atoms with van der Waals surface area (Å²) in [5, 5.41) is 12.1. The standard InChI is InChI=1S/C18H23N5O4S2/c1-29(25,26)15-5-3-2-4-14(15)19-16(24)12-28-18-21-20-17(23(18)13-6-7-13)22-8-10-27-11-9-22/h2-5,13H,6-12H2,1H3,(H,19,24). The molecule has 2 aliphatic rings. The zero-order chi connectivity index (χ0) is 20.4. The number of rotatable bonds is 7. The average Bonchev–Trinajstić information content (AvgIpc) is 3.45. The fourth-order valence-corrected chi connectivity index (χ4v) is 4.85. The fraction of sp³-hybridized carbons (Fsp3) is 0.500. The maximum absolute atomic E-state index is 12.5. The maximum Gasteiger partial charge on any atom is 0.234 e. The summed E-state index contributed by atoms with van der Waals surface area (Å²) in [5.41, 5.74) is 0.290. The van der Waals surface area contributed by atoms with Gasteiger partial charge in [0.05, 0.1) is 29.5 Å². The lowest BCUT2D eigenvalue weighted by Crippen LogP contribution is -2.38. The lowest BCUT2D eigenvalue weighted by atomic mass is 10.3. The summed E-state index contributed by atoms with van der Waals surface area (Å²) in [6, 6.07) is 6.76. The van der Waals surface area contributed by atoms with Crippen molar-refractivity contribution >= 4 is 39.1 Å². The Morgan fingerprint density at radius 3 is 2.66 bits per heavy atom. The van der Waals surface area contributed by atoms with Crippen LogP contribution < -0.4 is 10.2 Å². The van der Waals surface area contributed by atoms with Gasteiger partial charge in [-0.15, -0.1) is 10.2 Å². The smallest absolute Gasteiger partial charge is 0.234 e. The van der Waals surface area contributed by atoms with Gasteiger partial charge in [-0.1, -0.05) is 23.9 Å². The first-order valence-corrected chi connectivity index (χ1v) is 12.3. The van der Waals surface area contributed by atoms with Crippen LogP contribution in [0.2, 0.25) is 0 Å². The van der Waals surface area contributed by atoms with E-state index < -0.39 is 9.84 Å². The molecule has 4 rings (SSSR count). The summed E-state index contributed by atoms with van der Waals surface area (Å²) in [6.07, 6.45) is 3.28. The van der Waals surface area contributed by atoms with Gasteiger partial charge in [0.15, 0.2) is 15.0 Å². The summed E-state index contributed by atoms with van der Waals surface area (Å²) >= 11 is 1.31. The van der Waals surface area contributed by atoms with Gasteiger partial charge in [0.1, 0.15) is 0 Å². The normalized spacial score (nSPS) is 17.3. The fourth-order valence-electron chi connectivity index (χ4n) is 3.21. The van der Waals surface area contributed by atoms with Gasteiger partial charge in [-0.25, -0.2) is 8.42 Å². The third-order valence-electron chi connectivity index (χ3n) is 4.75. The van der Waals surface area contributed by atoms with E-state index in [0.717, 1.165) is 38.1 Å². The molecule has 0 radical (unpaired) electrons. The number of morpholine rings is 1. The maximum atomic E-state index is 12.5. The number of nitrogens with one attached hydrogen (secondary N) is 1. The number of para-hydroxylation sites is 1. The quantitative estimate of drug-likeness (QED) is 0.651. The number of anilines is 2. The molecule has 9 nitrogen and oxygen atoms in total. The van der Waals surface area contributed by atoms with Gasteiger partial charge in [-0.05, 0) is 25.0 Å². The highest BCUT2D eigenvalue weighted by Gasteiger charge is 2.32. The van der Waals surface area contributed by atoms with Crippen LogP contribution >= 0.6 is 11.8 Å². The van der Waals surface area contributed by atoms with Crippen LogP contribution in [0.15, 0.2) is 34.3 Å². The number of carbonyl (C=O) groups excluding carboxylic acids is 1. The summed E-state index contributed by atoms with van der Waals surface area (Å²) in [4.78, 5) is 14.7. The Kier molecular flexibility index (Phi) is 5.79. The molecule has 1 aliphatic heterocycles. The largest absolute Gasteiger partial charge is 0.378 e. The van der Waals surface area contributed by atoms with Crippen LogP contribution in [-0.2, 0) is 19.4 Å². The van der Waals surface area contributed by atoms with Crippen LogP contribution in [0.3, 0.4) is 0 Å². The Morgan fingerprint density at radius 1 is 1.24 bits per heavy atom. The second kappa shape index (κ2) is 8.33. The number of carbonyl (C=O) groups is 1. The molecule has 29 heavy (non-hydrogen) atoms. The number of amides is 1. The summed E-state index contributed by atoms with van der Waals surface area (Å²) < 4.78 is 31.3. The van der Waals surface area contributed by atoms with Crippen LogP contribution in [0.5, 0.6) is 0 Å². The SMILES string of the molecule is CS(=O)(=O)c1ccccc1NC(=O)CSc1nnc(N2CCOCC2)n1C1CC1. The van der Waals surface area contributed by atoms with Crippen molar-refractivity contribution in [3.8, 4) is 0 Å². The second-order valence-electron chi connectivity index (χ2n) is 7.09. The molecule has 1 saturated carbocycles. The molecular formula is C18H23N5O4S2. The minimum absolute atomic E-state index is 0.106. The molecular weight excluding hydrogens is 414 g/mol. The number of hydrogen-bond acceptors (Lipinski definition) is 8. The molecule has 0 spiro atoms. The Labute approximate surface area is 173 Å². The third-order valence-corrected chi connectivity index (χ3v) is 6.84. The zero-order valence-electron chi connectivity index (χ0n) is 16.1. The van der Waals surface area contributed by atoms with Gasteiger partial charge in [-0.3, -0.25) is 9.36 Å². The van der Waals surface area contributed by atoms with Gasteiger partial charge in [-0.2, -0.15) is 0 Å². The van der Waals surface area contributed by atoms with Crippen molar-refractivity contribution in [3.63, 3.8) is 0 Å². The van der Waals surface area contributed by atoms with Crippen molar-refractivity contribution in [2.45, 2.75) is 28.9 Å². The highest BCUT2D eigenvalue weighted by molar-refractivity contribution is 7.99. The predicted octanol–water partition coefficient (Wildman–Crippen LogP) is 1.58. The molecule has 1 amide bonds. The highest BCUT2D eigenvalue weighted by Crippen LogP contribution is 2.41. The highest BCUT2D eigenvalue weighted by atomic mass is 32.2. The lowest BCUT2D eigenvalue weighted by molar-refractivity contribution is -0.113. The predicted molar refractivity (Wildman–Crippen MR) is 110 cm³/mol. The molecule has 1 N–H and O–H groups in total. The molecule has 1 aliphatic carbocycles. The van der Waals surface area contributed by atoms with Gasteiger partial charge >= 0.3 is 0 Å². The first kappa shape index (κ1) is 20.2. The van der Waals surface area contributed by atoms with Crippen molar-refractivity contribution in [2.24, 2.45) is 0 Å². The monoisotopic (exact) mass is 437 g/mol. The second-order valence-corrected chi connectivity index (χ2v) is 10.0. The third kappa shape index (κ3) is 4.73. The molecule has 2 heterocycles. The van der Waals surface area contributed by atoms with E-state index in [-0.39, 0.29) is 16.6 Å². The van der Waals surface area contributed by atoms with Gasteiger partial charge in [0, 0.05) is 25.4 Å².